The van der Waals surface area contributed by atoms with Crippen LogP contribution in [-0.4, -0.2) is 28.1 Å². The minimum Gasteiger partial charge on any atom is -0.343 e. The molecule has 1 heterocycles. The van der Waals surface area contributed by atoms with Crippen LogP contribution in [-0.2, 0) is 6.54 Å². The smallest absolute Gasteiger partial charge is 0.213 e. The van der Waals surface area contributed by atoms with Crippen molar-refractivity contribution in [2.45, 2.75) is 31.8 Å². The van der Waals surface area contributed by atoms with Crippen LogP contribution in [0.25, 0.3) is 0 Å². The molecule has 0 atom stereocenters. The highest BCUT2D eigenvalue weighted by molar-refractivity contribution is 4.83. The van der Waals surface area contributed by atoms with Gasteiger partial charge in [0.1, 0.15) is 0 Å². The molecule has 1 aromatic rings. The summed E-state index contributed by atoms with van der Waals surface area (Å²) in [5.41, 5.74) is 0. The molecule has 2 rings (SSSR count). The van der Waals surface area contributed by atoms with E-state index in [1.165, 1.54) is 25.7 Å². The molecule has 0 aliphatic heterocycles. The molecule has 0 saturated heterocycles. The third kappa shape index (κ3) is 1.48. The Bertz CT molecular complexity index is 230. The second kappa shape index (κ2) is 3.23. The SMILES string of the molecule is CN(Cc1ncon1)C1CCC1. The Morgan fingerprint density at radius 2 is 2.50 bits per heavy atom. The number of hydrogen-bond acceptors (Lipinski definition) is 4. The number of aromatic nitrogens is 2. The molecule has 12 heavy (non-hydrogen) atoms. The second-order valence-electron chi connectivity index (χ2n) is 3.35. The van der Waals surface area contributed by atoms with Crippen LogP contribution in [0.4, 0.5) is 0 Å². The van der Waals surface area contributed by atoms with Gasteiger partial charge in [-0.15, -0.1) is 0 Å². The van der Waals surface area contributed by atoms with E-state index >= 15 is 0 Å². The van der Waals surface area contributed by atoms with E-state index in [-0.39, 0.29) is 0 Å². The van der Waals surface area contributed by atoms with Gasteiger partial charge in [-0.05, 0) is 19.9 Å². The van der Waals surface area contributed by atoms with Crippen molar-refractivity contribution in [1.29, 1.82) is 0 Å². The Balaban J connectivity index is 1.86. The van der Waals surface area contributed by atoms with Gasteiger partial charge in [0.05, 0.1) is 6.54 Å². The molecule has 0 aromatic carbocycles. The minimum atomic E-state index is 0.739. The number of rotatable bonds is 3. The quantitative estimate of drug-likeness (QED) is 0.675. The Labute approximate surface area is 71.6 Å². The average molecular weight is 167 g/mol. The molecule has 66 valence electrons. The van der Waals surface area contributed by atoms with Crippen LogP contribution in [0.1, 0.15) is 25.1 Å². The highest BCUT2D eigenvalue weighted by Crippen LogP contribution is 2.24. The van der Waals surface area contributed by atoms with Gasteiger partial charge in [0.2, 0.25) is 6.39 Å². The highest BCUT2D eigenvalue weighted by atomic mass is 16.5. The van der Waals surface area contributed by atoms with E-state index < -0.39 is 0 Å². The Morgan fingerprint density at radius 1 is 1.67 bits per heavy atom. The Morgan fingerprint density at radius 3 is 3.00 bits per heavy atom. The van der Waals surface area contributed by atoms with Crippen molar-refractivity contribution in [1.82, 2.24) is 15.0 Å². The average Bonchev–Trinajstić information content (AvgIpc) is 2.34. The molecule has 0 bridgehead atoms. The van der Waals surface area contributed by atoms with Crippen LogP contribution in [0.2, 0.25) is 0 Å². The van der Waals surface area contributed by atoms with Gasteiger partial charge in [-0.1, -0.05) is 11.6 Å². The molecule has 1 aromatic heterocycles. The van der Waals surface area contributed by atoms with Gasteiger partial charge in [-0.3, -0.25) is 4.90 Å². The maximum Gasteiger partial charge on any atom is 0.213 e. The molecule has 1 aliphatic rings. The molecule has 0 N–H and O–H groups in total. The predicted molar refractivity (Wildman–Crippen MR) is 43.4 cm³/mol. The minimum absolute atomic E-state index is 0.739. The summed E-state index contributed by atoms with van der Waals surface area (Å²) >= 11 is 0. The lowest BCUT2D eigenvalue weighted by Gasteiger charge is -2.33. The zero-order chi connectivity index (χ0) is 8.39. The molecular weight excluding hydrogens is 154 g/mol. The molecule has 1 fully saturated rings. The van der Waals surface area contributed by atoms with E-state index in [1.54, 1.807) is 0 Å². The molecule has 4 heteroatoms. The van der Waals surface area contributed by atoms with Crippen molar-refractivity contribution in [2.75, 3.05) is 7.05 Å². The summed E-state index contributed by atoms with van der Waals surface area (Å²) in [5, 5.41) is 3.77. The van der Waals surface area contributed by atoms with Crippen molar-refractivity contribution in [3.63, 3.8) is 0 Å². The van der Waals surface area contributed by atoms with E-state index in [1.807, 2.05) is 0 Å². The largest absolute Gasteiger partial charge is 0.343 e. The zero-order valence-electron chi connectivity index (χ0n) is 7.23. The summed E-state index contributed by atoms with van der Waals surface area (Å²) < 4.78 is 4.66. The summed E-state index contributed by atoms with van der Waals surface area (Å²) in [6.07, 6.45) is 5.37. The molecular formula is C8H13N3O. The van der Waals surface area contributed by atoms with E-state index in [2.05, 4.69) is 26.6 Å². The fraction of sp³-hybridized carbons (Fsp3) is 0.750. The first-order valence-corrected chi connectivity index (χ1v) is 4.32. The van der Waals surface area contributed by atoms with Crippen LogP contribution in [0, 0.1) is 0 Å². The van der Waals surface area contributed by atoms with Gasteiger partial charge in [0, 0.05) is 6.04 Å². The van der Waals surface area contributed by atoms with Gasteiger partial charge in [0.15, 0.2) is 5.82 Å². The molecule has 4 nitrogen and oxygen atoms in total. The van der Waals surface area contributed by atoms with E-state index in [0.717, 1.165) is 18.4 Å². The first-order chi connectivity index (χ1) is 5.86. The van der Waals surface area contributed by atoms with Gasteiger partial charge in [0.25, 0.3) is 0 Å². The first-order valence-electron chi connectivity index (χ1n) is 4.32. The third-order valence-electron chi connectivity index (χ3n) is 2.50. The summed E-state index contributed by atoms with van der Waals surface area (Å²) in [6.45, 7) is 0.807. The topological polar surface area (TPSA) is 42.2 Å². The van der Waals surface area contributed by atoms with Gasteiger partial charge in [-0.25, -0.2) is 0 Å². The third-order valence-corrected chi connectivity index (χ3v) is 2.50. The van der Waals surface area contributed by atoms with Gasteiger partial charge >= 0.3 is 0 Å². The Hall–Kier alpha value is -0.900. The monoisotopic (exact) mass is 167 g/mol. The lowest BCUT2D eigenvalue weighted by molar-refractivity contribution is 0.148. The summed E-state index contributed by atoms with van der Waals surface area (Å²) in [6, 6.07) is 0.739. The van der Waals surface area contributed by atoms with Crippen LogP contribution in [0.5, 0.6) is 0 Å². The Kier molecular flexibility index (Phi) is 2.08. The number of hydrogen-bond donors (Lipinski definition) is 0. The molecule has 0 unspecified atom stereocenters. The lowest BCUT2D eigenvalue weighted by Crippen LogP contribution is -2.36. The summed E-state index contributed by atoms with van der Waals surface area (Å²) in [4.78, 5) is 6.26. The highest BCUT2D eigenvalue weighted by Gasteiger charge is 2.22. The van der Waals surface area contributed by atoms with Crippen molar-refractivity contribution in [3.8, 4) is 0 Å². The van der Waals surface area contributed by atoms with Crippen LogP contribution in [0.15, 0.2) is 10.9 Å². The maximum absolute atomic E-state index is 4.66. The fourth-order valence-electron chi connectivity index (χ4n) is 1.44. The van der Waals surface area contributed by atoms with Crippen molar-refractivity contribution in [3.05, 3.63) is 12.2 Å². The first kappa shape index (κ1) is 7.73. The zero-order valence-corrected chi connectivity index (χ0v) is 7.23. The predicted octanol–water partition coefficient (Wildman–Crippen LogP) is 1.05. The van der Waals surface area contributed by atoms with Gasteiger partial charge in [-0.2, -0.15) is 4.98 Å². The molecule has 1 aliphatic carbocycles. The van der Waals surface area contributed by atoms with Crippen LogP contribution >= 0.6 is 0 Å². The summed E-state index contributed by atoms with van der Waals surface area (Å²) in [5.74, 6) is 0.782. The van der Waals surface area contributed by atoms with Crippen molar-refractivity contribution < 1.29 is 4.52 Å². The molecule has 1 saturated carbocycles. The molecule has 0 radical (unpaired) electrons. The summed E-state index contributed by atoms with van der Waals surface area (Å²) in [7, 11) is 2.11. The lowest BCUT2D eigenvalue weighted by atomic mass is 9.92. The normalized spacial score (nSPS) is 18.2. The van der Waals surface area contributed by atoms with Crippen LogP contribution in [0.3, 0.4) is 0 Å². The second-order valence-corrected chi connectivity index (χ2v) is 3.35. The van der Waals surface area contributed by atoms with Crippen molar-refractivity contribution >= 4 is 0 Å². The molecule has 0 amide bonds. The standard InChI is InChI=1S/C8H13N3O/c1-11(7-3-2-4-7)5-8-9-6-12-10-8/h6-7H,2-5H2,1H3. The van der Waals surface area contributed by atoms with Crippen molar-refractivity contribution in [2.24, 2.45) is 0 Å². The van der Waals surface area contributed by atoms with Gasteiger partial charge < -0.3 is 4.52 Å². The maximum atomic E-state index is 4.66. The molecule has 0 spiro atoms. The van der Waals surface area contributed by atoms with Crippen LogP contribution < -0.4 is 0 Å². The van der Waals surface area contributed by atoms with E-state index in [4.69, 9.17) is 0 Å². The fourth-order valence-corrected chi connectivity index (χ4v) is 1.44. The van der Waals surface area contributed by atoms with E-state index in [9.17, 15) is 0 Å². The number of nitrogens with zero attached hydrogens (tertiary/aromatic N) is 3. The van der Waals surface area contributed by atoms with E-state index in [0.29, 0.717) is 0 Å².